The van der Waals surface area contributed by atoms with Crippen LogP contribution in [0.3, 0.4) is 0 Å². The van der Waals surface area contributed by atoms with Gasteiger partial charge in [0.05, 0.1) is 19.8 Å². The molecule has 1 aromatic carbocycles. The molecule has 0 saturated carbocycles. The summed E-state index contributed by atoms with van der Waals surface area (Å²) in [5, 5.41) is 3.22. The minimum atomic E-state index is -0.343. The van der Waals surface area contributed by atoms with Gasteiger partial charge in [-0.25, -0.2) is 0 Å². The highest BCUT2D eigenvalue weighted by Crippen LogP contribution is 2.34. The molecule has 2 atom stereocenters. The number of nitrogens with zero attached hydrogens (tertiary/aromatic N) is 1. The van der Waals surface area contributed by atoms with Crippen molar-refractivity contribution in [2.45, 2.75) is 25.0 Å². The fraction of sp³-hybridized carbons (Fsp3) is 0.562. The standard InChI is InChI=1S/C16H22N2O3.ClH/c1-20-13-5-2-4-12(10-13)14-6-3-8-18(14)16(19)15-11-17-7-9-21-15;/h2,4-5,10,14-15,17H,3,6-9,11H2,1H3;1H. The van der Waals surface area contributed by atoms with Crippen molar-refractivity contribution in [3.05, 3.63) is 29.8 Å². The van der Waals surface area contributed by atoms with E-state index in [4.69, 9.17) is 9.47 Å². The van der Waals surface area contributed by atoms with Crippen LogP contribution in [0.15, 0.2) is 24.3 Å². The van der Waals surface area contributed by atoms with Crippen LogP contribution >= 0.6 is 12.4 Å². The van der Waals surface area contributed by atoms with E-state index in [-0.39, 0.29) is 30.5 Å². The maximum absolute atomic E-state index is 12.7. The first-order valence-corrected chi connectivity index (χ1v) is 7.56. The molecule has 0 aromatic heterocycles. The van der Waals surface area contributed by atoms with Crippen LogP contribution in [0, 0.1) is 0 Å². The third-order valence-corrected chi connectivity index (χ3v) is 4.22. The zero-order valence-corrected chi connectivity index (χ0v) is 13.6. The molecule has 0 bridgehead atoms. The molecule has 0 aliphatic carbocycles. The molecule has 2 aliphatic rings. The first kappa shape index (κ1) is 17.1. The molecule has 2 fully saturated rings. The van der Waals surface area contributed by atoms with Crippen molar-refractivity contribution >= 4 is 18.3 Å². The second kappa shape index (κ2) is 7.81. The van der Waals surface area contributed by atoms with Gasteiger partial charge in [0.2, 0.25) is 0 Å². The number of morpholine rings is 1. The molecule has 0 spiro atoms. The van der Waals surface area contributed by atoms with Crippen LogP contribution < -0.4 is 10.1 Å². The molecule has 5 nitrogen and oxygen atoms in total. The molecular weight excluding hydrogens is 304 g/mol. The van der Waals surface area contributed by atoms with Crippen LogP contribution in [-0.4, -0.2) is 50.3 Å². The fourth-order valence-corrected chi connectivity index (χ4v) is 3.13. The number of carbonyl (C=O) groups excluding carboxylic acids is 1. The number of likely N-dealkylation sites (tertiary alicyclic amines) is 1. The number of halogens is 1. The summed E-state index contributed by atoms with van der Waals surface area (Å²) < 4.78 is 10.9. The molecule has 2 unspecified atom stereocenters. The number of rotatable bonds is 3. The van der Waals surface area contributed by atoms with E-state index in [0.717, 1.165) is 37.2 Å². The van der Waals surface area contributed by atoms with Gasteiger partial charge in [0.25, 0.3) is 5.91 Å². The first-order chi connectivity index (χ1) is 10.3. The highest BCUT2D eigenvalue weighted by molar-refractivity contribution is 5.85. The molecule has 2 saturated heterocycles. The lowest BCUT2D eigenvalue weighted by Gasteiger charge is -2.31. The second-order valence-corrected chi connectivity index (χ2v) is 5.53. The Kier molecular flexibility index (Phi) is 6.06. The van der Waals surface area contributed by atoms with Crippen LogP contribution in [-0.2, 0) is 9.53 Å². The van der Waals surface area contributed by atoms with Gasteiger partial charge in [-0.2, -0.15) is 0 Å². The zero-order chi connectivity index (χ0) is 14.7. The Hall–Kier alpha value is -1.30. The third kappa shape index (κ3) is 3.54. The maximum atomic E-state index is 12.7. The van der Waals surface area contributed by atoms with Crippen molar-refractivity contribution in [3.63, 3.8) is 0 Å². The molecule has 0 radical (unpaired) electrons. The van der Waals surface area contributed by atoms with E-state index in [2.05, 4.69) is 11.4 Å². The number of hydrogen-bond acceptors (Lipinski definition) is 4. The van der Waals surface area contributed by atoms with Crippen molar-refractivity contribution in [1.82, 2.24) is 10.2 Å². The van der Waals surface area contributed by atoms with Gasteiger partial charge in [-0.3, -0.25) is 4.79 Å². The molecule has 6 heteroatoms. The van der Waals surface area contributed by atoms with Crippen LogP contribution in [0.25, 0.3) is 0 Å². The van der Waals surface area contributed by atoms with Crippen LogP contribution in [0.1, 0.15) is 24.4 Å². The molecule has 1 aromatic rings. The Morgan fingerprint density at radius 1 is 1.45 bits per heavy atom. The summed E-state index contributed by atoms with van der Waals surface area (Å²) >= 11 is 0. The topological polar surface area (TPSA) is 50.8 Å². The van der Waals surface area contributed by atoms with Gasteiger partial charge in [0.1, 0.15) is 11.9 Å². The Bertz CT molecular complexity index is 506. The minimum Gasteiger partial charge on any atom is -0.497 e. The van der Waals surface area contributed by atoms with E-state index in [0.29, 0.717) is 13.2 Å². The van der Waals surface area contributed by atoms with E-state index in [1.54, 1.807) is 7.11 Å². The molecule has 122 valence electrons. The van der Waals surface area contributed by atoms with E-state index >= 15 is 0 Å². The van der Waals surface area contributed by atoms with E-state index in [1.165, 1.54) is 0 Å². The second-order valence-electron chi connectivity index (χ2n) is 5.53. The predicted octanol–water partition coefficient (Wildman–Crippen LogP) is 1.77. The van der Waals surface area contributed by atoms with Crippen LogP contribution in [0.5, 0.6) is 5.75 Å². The normalized spacial score (nSPS) is 24.7. The predicted molar refractivity (Wildman–Crippen MR) is 86.5 cm³/mol. The van der Waals surface area contributed by atoms with Crippen molar-refractivity contribution in [2.75, 3.05) is 33.4 Å². The molecule has 1 amide bonds. The lowest BCUT2D eigenvalue weighted by molar-refractivity contribution is -0.146. The average Bonchev–Trinajstić information content (AvgIpc) is 3.04. The Morgan fingerprint density at radius 2 is 2.32 bits per heavy atom. The summed E-state index contributed by atoms with van der Waals surface area (Å²) in [5.41, 5.74) is 1.14. The number of carbonyl (C=O) groups is 1. The monoisotopic (exact) mass is 326 g/mol. The zero-order valence-electron chi connectivity index (χ0n) is 12.8. The van der Waals surface area contributed by atoms with Crippen molar-refractivity contribution < 1.29 is 14.3 Å². The van der Waals surface area contributed by atoms with Gasteiger partial charge in [-0.15, -0.1) is 12.4 Å². The molecule has 3 rings (SSSR count). The van der Waals surface area contributed by atoms with Crippen molar-refractivity contribution in [1.29, 1.82) is 0 Å². The number of ether oxygens (including phenoxy) is 2. The largest absolute Gasteiger partial charge is 0.497 e. The summed E-state index contributed by atoms with van der Waals surface area (Å²) in [6, 6.07) is 8.14. The number of methoxy groups -OCH3 is 1. The Labute approximate surface area is 137 Å². The van der Waals surface area contributed by atoms with Gasteiger partial charge in [-0.05, 0) is 30.5 Å². The lowest BCUT2D eigenvalue weighted by atomic mass is 10.0. The van der Waals surface area contributed by atoms with Gasteiger partial charge in [-0.1, -0.05) is 12.1 Å². The average molecular weight is 327 g/mol. The number of benzene rings is 1. The maximum Gasteiger partial charge on any atom is 0.253 e. The van der Waals surface area contributed by atoms with Gasteiger partial charge in [0, 0.05) is 19.6 Å². The third-order valence-electron chi connectivity index (χ3n) is 4.22. The van der Waals surface area contributed by atoms with Crippen molar-refractivity contribution in [3.8, 4) is 5.75 Å². The van der Waals surface area contributed by atoms with Gasteiger partial charge in [0.15, 0.2) is 0 Å². The molecule has 1 N–H and O–H groups in total. The molecule has 2 aliphatic heterocycles. The summed E-state index contributed by atoms with van der Waals surface area (Å²) in [4.78, 5) is 14.6. The summed E-state index contributed by atoms with van der Waals surface area (Å²) in [6.07, 6.45) is 1.69. The number of nitrogens with one attached hydrogen (secondary N) is 1. The van der Waals surface area contributed by atoms with E-state index in [1.807, 2.05) is 23.1 Å². The summed E-state index contributed by atoms with van der Waals surface area (Å²) in [5.74, 6) is 0.940. The SMILES string of the molecule is COc1cccc(C2CCCN2C(=O)C2CNCCO2)c1.Cl. The smallest absolute Gasteiger partial charge is 0.253 e. The molecule has 22 heavy (non-hydrogen) atoms. The molecule has 2 heterocycles. The Balaban J connectivity index is 0.00000176. The minimum absolute atomic E-state index is 0. The van der Waals surface area contributed by atoms with E-state index < -0.39 is 0 Å². The first-order valence-electron chi connectivity index (χ1n) is 7.56. The summed E-state index contributed by atoms with van der Waals surface area (Å²) in [7, 11) is 1.66. The van der Waals surface area contributed by atoms with Crippen LogP contribution in [0.2, 0.25) is 0 Å². The van der Waals surface area contributed by atoms with Gasteiger partial charge < -0.3 is 19.7 Å². The number of amides is 1. The fourth-order valence-electron chi connectivity index (χ4n) is 3.13. The quantitative estimate of drug-likeness (QED) is 0.919. The highest BCUT2D eigenvalue weighted by Gasteiger charge is 2.35. The number of hydrogen-bond donors (Lipinski definition) is 1. The van der Waals surface area contributed by atoms with Gasteiger partial charge >= 0.3 is 0 Å². The highest BCUT2D eigenvalue weighted by atomic mass is 35.5. The Morgan fingerprint density at radius 3 is 3.05 bits per heavy atom. The lowest BCUT2D eigenvalue weighted by Crippen LogP contribution is -2.49. The van der Waals surface area contributed by atoms with Crippen molar-refractivity contribution in [2.24, 2.45) is 0 Å². The van der Waals surface area contributed by atoms with E-state index in [9.17, 15) is 4.79 Å². The van der Waals surface area contributed by atoms with Crippen LogP contribution in [0.4, 0.5) is 0 Å². The molecular formula is C16H23ClN2O3. The summed E-state index contributed by atoms with van der Waals surface area (Å²) in [6.45, 7) is 2.85.